The molecule has 4 nitrogen and oxygen atoms in total. The van der Waals surface area contributed by atoms with Crippen LogP contribution in [0.1, 0.15) is 27.6 Å². The van der Waals surface area contributed by atoms with Crippen LogP contribution in [-0.4, -0.2) is 10.5 Å². The Morgan fingerprint density at radius 2 is 1.74 bits per heavy atom. The van der Waals surface area contributed by atoms with E-state index in [0.29, 0.717) is 13.0 Å². The Morgan fingerprint density at radius 1 is 1.06 bits per heavy atom. The van der Waals surface area contributed by atoms with Gasteiger partial charge in [0.05, 0.1) is 6.54 Å². The van der Waals surface area contributed by atoms with E-state index < -0.39 is 5.41 Å². The summed E-state index contributed by atoms with van der Waals surface area (Å²) in [6.07, 6.45) is 9.10. The molecule has 4 aromatic rings. The Hall–Kier alpha value is -2.96. The highest BCUT2D eigenvalue weighted by molar-refractivity contribution is 7.12. The molecule has 3 heterocycles. The van der Waals surface area contributed by atoms with E-state index >= 15 is 0 Å². The number of imidazole rings is 1. The number of aryl methyl sites for hydroxylation is 1. The number of carbonyl (C=O) groups excluding carboxylic acids is 1. The van der Waals surface area contributed by atoms with Gasteiger partial charge in [-0.25, -0.2) is 9.13 Å². The smallest absolute Gasteiger partial charge is 0.253 e. The van der Waals surface area contributed by atoms with Crippen LogP contribution in [0.4, 0.5) is 0 Å². The van der Waals surface area contributed by atoms with Crippen molar-refractivity contribution in [2.45, 2.75) is 31.8 Å². The molecule has 1 amide bonds. The van der Waals surface area contributed by atoms with Crippen molar-refractivity contribution in [1.82, 2.24) is 4.57 Å². The third kappa shape index (κ3) is 4.40. The van der Waals surface area contributed by atoms with Crippen molar-refractivity contribution < 1.29 is 9.36 Å². The minimum absolute atomic E-state index is 0.291. The van der Waals surface area contributed by atoms with Gasteiger partial charge in [0.2, 0.25) is 5.91 Å². The Bertz CT molecular complexity index is 1110. The largest absolute Gasteiger partial charge is 0.369 e. The lowest BCUT2D eigenvalue weighted by Gasteiger charge is -2.28. The molecule has 1 aromatic carbocycles. The number of allylic oxidation sites excluding steroid dienone is 1. The zero-order chi connectivity index (χ0) is 21.7. The first kappa shape index (κ1) is 21.3. The van der Waals surface area contributed by atoms with Gasteiger partial charge in [-0.1, -0.05) is 48.5 Å². The minimum Gasteiger partial charge on any atom is -0.369 e. The van der Waals surface area contributed by atoms with Gasteiger partial charge in [-0.2, -0.15) is 0 Å². The van der Waals surface area contributed by atoms with Gasteiger partial charge in [0, 0.05) is 23.1 Å². The fourth-order valence-corrected chi connectivity index (χ4v) is 5.92. The zero-order valence-corrected chi connectivity index (χ0v) is 19.1. The number of carbonyl (C=O) groups is 1. The number of thiophene rings is 2. The van der Waals surface area contributed by atoms with E-state index in [1.165, 1.54) is 5.56 Å². The molecule has 158 valence electrons. The summed E-state index contributed by atoms with van der Waals surface area (Å²) in [5.41, 5.74) is 6.43. The number of aromatic nitrogens is 2. The Balaban J connectivity index is 1.53. The molecule has 0 fully saturated rings. The van der Waals surface area contributed by atoms with Crippen molar-refractivity contribution in [3.8, 4) is 0 Å². The highest BCUT2D eigenvalue weighted by atomic mass is 32.1. The fraction of sp³-hybridized carbons (Fsp3) is 0.200. The number of benzene rings is 1. The predicted molar refractivity (Wildman–Crippen MR) is 128 cm³/mol. The van der Waals surface area contributed by atoms with Crippen LogP contribution in [0.2, 0.25) is 0 Å². The number of amides is 1. The molecule has 3 aromatic heterocycles. The number of hydrogen-bond donors (Lipinski definition) is 1. The van der Waals surface area contributed by atoms with Gasteiger partial charge < -0.3 is 5.73 Å². The summed E-state index contributed by atoms with van der Waals surface area (Å²) in [6.45, 7) is 3.61. The Morgan fingerprint density at radius 3 is 2.32 bits per heavy atom. The molecule has 31 heavy (non-hydrogen) atoms. The lowest BCUT2D eigenvalue weighted by atomic mass is 9.80. The molecule has 0 bridgehead atoms. The van der Waals surface area contributed by atoms with E-state index in [9.17, 15) is 4.79 Å². The molecule has 0 radical (unpaired) electrons. The monoisotopic (exact) mass is 448 g/mol. The maximum atomic E-state index is 12.8. The third-order valence-corrected chi connectivity index (χ3v) is 7.77. The minimum atomic E-state index is -0.795. The van der Waals surface area contributed by atoms with Crippen molar-refractivity contribution in [3.63, 3.8) is 0 Å². The topological polar surface area (TPSA) is 51.9 Å². The number of hydrogen-bond acceptors (Lipinski definition) is 3. The summed E-state index contributed by atoms with van der Waals surface area (Å²) >= 11 is 3.18. The SMILES string of the molecule is Cc1n(CCC(C(N)=O)(c2cccs2)c2cccs2)cc[n+]1C/C=C/c1ccccc1. The van der Waals surface area contributed by atoms with Crippen LogP contribution in [0.15, 0.2) is 83.8 Å². The van der Waals surface area contributed by atoms with Crippen LogP contribution in [0.3, 0.4) is 0 Å². The molecule has 0 atom stereocenters. The van der Waals surface area contributed by atoms with Gasteiger partial charge in [0.15, 0.2) is 0 Å². The number of primary amides is 1. The van der Waals surface area contributed by atoms with E-state index in [1.807, 2.05) is 53.2 Å². The van der Waals surface area contributed by atoms with Crippen LogP contribution in [0.5, 0.6) is 0 Å². The summed E-state index contributed by atoms with van der Waals surface area (Å²) < 4.78 is 4.41. The molecule has 0 saturated carbocycles. The number of rotatable bonds is 9. The summed E-state index contributed by atoms with van der Waals surface area (Å²) in [5.74, 6) is 0.856. The maximum Gasteiger partial charge on any atom is 0.253 e. The van der Waals surface area contributed by atoms with E-state index in [1.54, 1.807) is 22.7 Å². The van der Waals surface area contributed by atoms with Crippen molar-refractivity contribution in [2.75, 3.05) is 0 Å². The number of nitrogens with two attached hydrogens (primary N) is 1. The van der Waals surface area contributed by atoms with E-state index in [0.717, 1.165) is 22.1 Å². The second-order valence-electron chi connectivity index (χ2n) is 7.48. The van der Waals surface area contributed by atoms with Crippen molar-refractivity contribution in [1.29, 1.82) is 0 Å². The zero-order valence-electron chi connectivity index (χ0n) is 17.5. The van der Waals surface area contributed by atoms with E-state index in [2.05, 4.69) is 52.7 Å². The molecule has 2 N–H and O–H groups in total. The van der Waals surface area contributed by atoms with Gasteiger partial charge in [-0.15, -0.1) is 22.7 Å². The van der Waals surface area contributed by atoms with Crippen molar-refractivity contribution in [2.24, 2.45) is 5.73 Å². The van der Waals surface area contributed by atoms with Gasteiger partial charge in [0.1, 0.15) is 24.4 Å². The first-order valence-corrected chi connectivity index (χ1v) is 12.0. The Kier molecular flexibility index (Phi) is 6.49. The average Bonchev–Trinajstić information content (AvgIpc) is 3.54. The summed E-state index contributed by atoms with van der Waals surface area (Å²) in [7, 11) is 0. The molecule has 0 aliphatic rings. The second-order valence-corrected chi connectivity index (χ2v) is 9.37. The lowest BCUT2D eigenvalue weighted by Crippen LogP contribution is -2.42. The number of nitrogens with zero attached hydrogens (tertiary/aromatic N) is 2. The van der Waals surface area contributed by atoms with Crippen molar-refractivity contribution in [3.05, 3.63) is 105 Å². The highest BCUT2D eigenvalue weighted by Gasteiger charge is 2.43. The molecule has 6 heteroatoms. The van der Waals surface area contributed by atoms with Gasteiger partial charge in [-0.3, -0.25) is 4.79 Å². The molecule has 0 aliphatic carbocycles. The van der Waals surface area contributed by atoms with Crippen molar-refractivity contribution >= 4 is 34.7 Å². The second kappa shape index (κ2) is 9.45. The summed E-state index contributed by atoms with van der Waals surface area (Å²) in [5, 5.41) is 4.02. The molecule has 0 saturated heterocycles. The maximum absolute atomic E-state index is 12.8. The molecular formula is C25H26N3OS2+. The molecular weight excluding hydrogens is 422 g/mol. The molecule has 0 aliphatic heterocycles. The standard InChI is InChI=1S/C25H25N3OS2/c1-20-27(14-5-10-21-8-3-2-4-9-21)16-17-28(20)15-13-25(24(26)29,22-11-6-18-30-22)23-12-7-19-31-23/h2-12,16-19H,13-15H2,1H3,(H-,26,29)/p+1/b10-5+. The Labute approximate surface area is 190 Å². The summed E-state index contributed by atoms with van der Waals surface area (Å²) in [6, 6.07) is 18.3. The normalized spacial score (nSPS) is 11.9. The first-order valence-electron chi connectivity index (χ1n) is 10.3. The highest BCUT2D eigenvalue weighted by Crippen LogP contribution is 2.41. The molecule has 4 rings (SSSR count). The predicted octanol–water partition coefficient (Wildman–Crippen LogP) is 4.78. The van der Waals surface area contributed by atoms with E-state index in [4.69, 9.17) is 5.73 Å². The molecule has 0 spiro atoms. The van der Waals surface area contributed by atoms with Gasteiger partial charge >= 0.3 is 0 Å². The van der Waals surface area contributed by atoms with Crippen LogP contribution >= 0.6 is 22.7 Å². The average molecular weight is 449 g/mol. The third-order valence-electron chi connectivity index (χ3n) is 5.70. The first-order chi connectivity index (χ1) is 15.1. The van der Waals surface area contributed by atoms with Crippen LogP contribution < -0.4 is 10.3 Å². The van der Waals surface area contributed by atoms with Crippen LogP contribution in [0.25, 0.3) is 6.08 Å². The van der Waals surface area contributed by atoms with Crippen LogP contribution in [-0.2, 0) is 23.3 Å². The fourth-order valence-electron chi connectivity index (χ4n) is 3.90. The summed E-state index contributed by atoms with van der Waals surface area (Å²) in [4.78, 5) is 14.8. The van der Waals surface area contributed by atoms with Gasteiger partial charge in [-0.05, 0) is 34.5 Å². The van der Waals surface area contributed by atoms with Crippen LogP contribution in [0, 0.1) is 6.92 Å². The lowest BCUT2D eigenvalue weighted by molar-refractivity contribution is -0.692. The van der Waals surface area contributed by atoms with E-state index in [-0.39, 0.29) is 5.91 Å². The quantitative estimate of drug-likeness (QED) is 0.368. The van der Waals surface area contributed by atoms with Gasteiger partial charge in [0.25, 0.3) is 5.82 Å². The molecule has 0 unspecified atom stereocenters.